The highest BCUT2D eigenvalue weighted by molar-refractivity contribution is 6.33. The summed E-state index contributed by atoms with van der Waals surface area (Å²) in [5, 5.41) is 0.343. The Morgan fingerprint density at radius 2 is 2.00 bits per heavy atom. The third kappa shape index (κ3) is 4.94. The van der Waals surface area contributed by atoms with Crippen LogP contribution in [-0.2, 0) is 9.47 Å². The van der Waals surface area contributed by atoms with Crippen molar-refractivity contribution in [3.8, 4) is 0 Å². The maximum atomic E-state index is 11.7. The van der Waals surface area contributed by atoms with Crippen LogP contribution in [0.15, 0.2) is 18.2 Å². The van der Waals surface area contributed by atoms with E-state index in [0.717, 1.165) is 0 Å². The maximum absolute atomic E-state index is 11.7. The van der Waals surface area contributed by atoms with Crippen LogP contribution in [0.3, 0.4) is 0 Å². The number of hydrogen-bond acceptors (Lipinski definition) is 4. The Hall–Kier alpha value is -1.26. The summed E-state index contributed by atoms with van der Waals surface area (Å²) in [5.74, 6) is -0.436. The van der Waals surface area contributed by atoms with Gasteiger partial charge in [-0.25, -0.2) is 4.79 Å². The van der Waals surface area contributed by atoms with E-state index >= 15 is 0 Å². The largest absolute Gasteiger partial charge is 0.460 e. The molecule has 0 aromatic heterocycles. The van der Waals surface area contributed by atoms with Crippen LogP contribution in [0.25, 0.3) is 0 Å². The molecule has 0 radical (unpaired) electrons. The van der Waals surface area contributed by atoms with Gasteiger partial charge in [-0.2, -0.15) is 0 Å². The fourth-order valence-electron chi connectivity index (χ4n) is 1.22. The number of nitrogen functional groups attached to an aromatic ring is 1. The summed E-state index contributed by atoms with van der Waals surface area (Å²) >= 11 is 5.82. The van der Waals surface area contributed by atoms with Crippen LogP contribution in [0.2, 0.25) is 5.02 Å². The standard InChI is InChI=1S/C13H18ClNO3/c1-13(2,3)18-7-6-17-12(16)9-4-5-11(15)10(14)8-9/h4-5,8H,6-7,15H2,1-3H3. The van der Waals surface area contributed by atoms with Crippen LogP contribution in [0.4, 0.5) is 5.69 Å². The van der Waals surface area contributed by atoms with Crippen molar-refractivity contribution in [1.82, 2.24) is 0 Å². The molecular formula is C13H18ClNO3. The Labute approximate surface area is 112 Å². The van der Waals surface area contributed by atoms with Crippen molar-refractivity contribution in [1.29, 1.82) is 0 Å². The topological polar surface area (TPSA) is 61.5 Å². The van der Waals surface area contributed by atoms with E-state index in [9.17, 15) is 4.79 Å². The van der Waals surface area contributed by atoms with E-state index in [1.807, 2.05) is 20.8 Å². The predicted octanol–water partition coefficient (Wildman–Crippen LogP) is 2.89. The number of nitrogens with two attached hydrogens (primary N) is 1. The minimum absolute atomic E-state index is 0.206. The van der Waals surface area contributed by atoms with Gasteiger partial charge in [-0.3, -0.25) is 0 Å². The SMILES string of the molecule is CC(C)(C)OCCOC(=O)c1ccc(N)c(Cl)c1. The van der Waals surface area contributed by atoms with Gasteiger partial charge in [0, 0.05) is 0 Å². The molecule has 0 aliphatic heterocycles. The Kier molecular flexibility index (Phi) is 4.99. The van der Waals surface area contributed by atoms with Crippen LogP contribution >= 0.6 is 11.6 Å². The smallest absolute Gasteiger partial charge is 0.338 e. The minimum atomic E-state index is -0.436. The lowest BCUT2D eigenvalue weighted by atomic mass is 10.2. The highest BCUT2D eigenvalue weighted by atomic mass is 35.5. The number of rotatable bonds is 4. The molecule has 0 saturated heterocycles. The minimum Gasteiger partial charge on any atom is -0.460 e. The Balaban J connectivity index is 2.43. The summed E-state index contributed by atoms with van der Waals surface area (Å²) in [7, 11) is 0. The third-order valence-electron chi connectivity index (χ3n) is 2.09. The molecule has 0 amide bonds. The lowest BCUT2D eigenvalue weighted by Gasteiger charge is -2.19. The van der Waals surface area contributed by atoms with Gasteiger partial charge in [0.25, 0.3) is 0 Å². The predicted molar refractivity (Wildman–Crippen MR) is 71.9 cm³/mol. The van der Waals surface area contributed by atoms with Crippen molar-refractivity contribution >= 4 is 23.3 Å². The van der Waals surface area contributed by atoms with E-state index < -0.39 is 5.97 Å². The monoisotopic (exact) mass is 271 g/mol. The molecular weight excluding hydrogens is 254 g/mol. The van der Waals surface area contributed by atoms with E-state index in [1.165, 1.54) is 6.07 Å². The van der Waals surface area contributed by atoms with Gasteiger partial charge in [0.2, 0.25) is 0 Å². The van der Waals surface area contributed by atoms with Gasteiger partial charge >= 0.3 is 5.97 Å². The molecule has 1 aromatic carbocycles. The van der Waals surface area contributed by atoms with E-state index in [2.05, 4.69) is 0 Å². The number of benzene rings is 1. The molecule has 0 aliphatic rings. The van der Waals surface area contributed by atoms with Crippen LogP contribution in [0.5, 0.6) is 0 Å². The Morgan fingerprint density at radius 3 is 2.56 bits per heavy atom. The van der Waals surface area contributed by atoms with E-state index in [1.54, 1.807) is 12.1 Å². The summed E-state index contributed by atoms with van der Waals surface area (Å²) in [5.41, 5.74) is 6.13. The molecule has 2 N–H and O–H groups in total. The Morgan fingerprint density at radius 1 is 1.33 bits per heavy atom. The molecule has 0 fully saturated rings. The molecule has 18 heavy (non-hydrogen) atoms. The summed E-state index contributed by atoms with van der Waals surface area (Å²) in [4.78, 5) is 11.7. The molecule has 0 heterocycles. The fourth-order valence-corrected chi connectivity index (χ4v) is 1.40. The summed E-state index contributed by atoms with van der Waals surface area (Å²) in [6, 6.07) is 4.64. The first-order valence-electron chi connectivity index (χ1n) is 5.66. The van der Waals surface area contributed by atoms with E-state index in [4.69, 9.17) is 26.8 Å². The number of ether oxygens (including phenoxy) is 2. The molecule has 5 heteroatoms. The van der Waals surface area contributed by atoms with Gasteiger partial charge in [-0.15, -0.1) is 0 Å². The number of esters is 1. The molecule has 0 unspecified atom stereocenters. The van der Waals surface area contributed by atoms with Gasteiger partial charge in [-0.05, 0) is 39.0 Å². The number of anilines is 1. The van der Waals surface area contributed by atoms with E-state index in [-0.39, 0.29) is 12.2 Å². The summed E-state index contributed by atoms with van der Waals surface area (Å²) < 4.78 is 10.5. The van der Waals surface area contributed by atoms with Crippen LogP contribution < -0.4 is 5.73 Å². The van der Waals surface area contributed by atoms with E-state index in [0.29, 0.717) is 22.9 Å². The molecule has 0 aliphatic carbocycles. The molecule has 4 nitrogen and oxygen atoms in total. The third-order valence-corrected chi connectivity index (χ3v) is 2.42. The van der Waals surface area contributed by atoms with Gasteiger partial charge in [0.05, 0.1) is 28.5 Å². The molecule has 0 spiro atoms. The molecule has 1 rings (SSSR count). The average molecular weight is 272 g/mol. The van der Waals surface area contributed by atoms with Crippen LogP contribution in [-0.4, -0.2) is 24.8 Å². The second-order valence-electron chi connectivity index (χ2n) is 4.83. The second kappa shape index (κ2) is 6.07. The highest BCUT2D eigenvalue weighted by Gasteiger charge is 2.12. The van der Waals surface area contributed by atoms with Gasteiger partial charge < -0.3 is 15.2 Å². The molecule has 1 aromatic rings. The van der Waals surface area contributed by atoms with Crippen molar-refractivity contribution in [2.45, 2.75) is 26.4 Å². The number of carbonyl (C=O) groups is 1. The lowest BCUT2D eigenvalue weighted by molar-refractivity contribution is -0.0281. The van der Waals surface area contributed by atoms with Crippen molar-refractivity contribution in [3.63, 3.8) is 0 Å². The quantitative estimate of drug-likeness (QED) is 0.520. The molecule has 100 valence electrons. The van der Waals surface area contributed by atoms with Gasteiger partial charge in [0.1, 0.15) is 6.61 Å². The Bertz CT molecular complexity index is 427. The summed E-state index contributed by atoms with van der Waals surface area (Å²) in [6.45, 7) is 6.38. The van der Waals surface area contributed by atoms with Gasteiger partial charge in [0.15, 0.2) is 0 Å². The zero-order chi connectivity index (χ0) is 13.8. The number of halogens is 1. The van der Waals surface area contributed by atoms with Crippen LogP contribution in [0, 0.1) is 0 Å². The highest BCUT2D eigenvalue weighted by Crippen LogP contribution is 2.20. The maximum Gasteiger partial charge on any atom is 0.338 e. The van der Waals surface area contributed by atoms with Gasteiger partial charge in [-0.1, -0.05) is 11.6 Å². The first-order chi connectivity index (χ1) is 8.29. The lowest BCUT2D eigenvalue weighted by Crippen LogP contribution is -2.22. The molecule has 0 saturated carbocycles. The van der Waals surface area contributed by atoms with Crippen molar-refractivity contribution in [2.75, 3.05) is 18.9 Å². The van der Waals surface area contributed by atoms with Crippen LogP contribution in [0.1, 0.15) is 31.1 Å². The van der Waals surface area contributed by atoms with Crippen molar-refractivity contribution in [3.05, 3.63) is 28.8 Å². The zero-order valence-corrected chi connectivity index (χ0v) is 11.6. The first kappa shape index (κ1) is 14.8. The molecule has 0 atom stereocenters. The number of carbonyl (C=O) groups excluding carboxylic acids is 1. The number of hydrogen-bond donors (Lipinski definition) is 1. The normalized spacial score (nSPS) is 11.3. The first-order valence-corrected chi connectivity index (χ1v) is 6.03. The van der Waals surface area contributed by atoms with Crippen molar-refractivity contribution in [2.24, 2.45) is 0 Å². The molecule has 0 bridgehead atoms. The zero-order valence-electron chi connectivity index (χ0n) is 10.8. The fraction of sp³-hybridized carbons (Fsp3) is 0.462. The summed E-state index contributed by atoms with van der Waals surface area (Å²) in [6.07, 6.45) is 0. The van der Waals surface area contributed by atoms with Crippen molar-refractivity contribution < 1.29 is 14.3 Å². The second-order valence-corrected chi connectivity index (χ2v) is 5.24. The average Bonchev–Trinajstić information content (AvgIpc) is 2.26.